The summed E-state index contributed by atoms with van der Waals surface area (Å²) < 4.78 is 48.9. The van der Waals surface area contributed by atoms with Gasteiger partial charge in [-0.05, 0) is 24.8 Å². The highest BCUT2D eigenvalue weighted by molar-refractivity contribution is 5.83. The van der Waals surface area contributed by atoms with Crippen LogP contribution in [-0.4, -0.2) is 54.3 Å². The summed E-state index contributed by atoms with van der Waals surface area (Å²) in [6, 6.07) is 6.78. The van der Waals surface area contributed by atoms with Crippen LogP contribution in [0.2, 0.25) is 0 Å². The Bertz CT molecular complexity index is 770. The number of likely N-dealkylation sites (tertiary alicyclic amines) is 1. The SMILES string of the molecule is CCOC(=O)[C@H](C(C)C)[C@H]1[C@H](NC(=O)C(F)(F)F)CCN1C(=O)OCc1ccccc1. The molecule has 0 bridgehead atoms. The molecule has 0 saturated carbocycles. The van der Waals surface area contributed by atoms with E-state index in [-0.39, 0.29) is 32.1 Å². The van der Waals surface area contributed by atoms with E-state index >= 15 is 0 Å². The van der Waals surface area contributed by atoms with E-state index in [0.29, 0.717) is 0 Å². The number of carbonyl (C=O) groups is 3. The number of ether oxygens (including phenoxy) is 2. The van der Waals surface area contributed by atoms with Gasteiger partial charge in [-0.1, -0.05) is 44.2 Å². The molecule has 1 aliphatic rings. The smallest absolute Gasteiger partial charge is 0.466 e. The number of alkyl halides is 3. The number of rotatable bonds is 7. The van der Waals surface area contributed by atoms with E-state index in [1.165, 1.54) is 4.90 Å². The highest BCUT2D eigenvalue weighted by atomic mass is 19.4. The lowest BCUT2D eigenvalue weighted by Crippen LogP contribution is -2.55. The summed E-state index contributed by atoms with van der Waals surface area (Å²) in [6.45, 7) is 5.09. The third-order valence-corrected chi connectivity index (χ3v) is 5.11. The summed E-state index contributed by atoms with van der Waals surface area (Å²) in [7, 11) is 0. The minimum atomic E-state index is -5.08. The second kappa shape index (κ2) is 10.5. The van der Waals surface area contributed by atoms with Crippen LogP contribution < -0.4 is 5.32 Å². The fourth-order valence-electron chi connectivity index (χ4n) is 3.73. The predicted octanol–water partition coefficient (Wildman–Crippen LogP) is 3.28. The van der Waals surface area contributed by atoms with E-state index in [9.17, 15) is 27.6 Å². The first-order chi connectivity index (χ1) is 14.6. The molecule has 10 heteroatoms. The number of esters is 1. The van der Waals surface area contributed by atoms with Gasteiger partial charge in [-0.15, -0.1) is 0 Å². The average molecular weight is 444 g/mol. The monoisotopic (exact) mass is 444 g/mol. The molecular formula is C21H27F3N2O5. The zero-order valence-electron chi connectivity index (χ0n) is 17.6. The van der Waals surface area contributed by atoms with Gasteiger partial charge in [-0.3, -0.25) is 9.59 Å². The minimum absolute atomic E-state index is 0.0315. The number of nitrogens with one attached hydrogen (secondary N) is 1. The first kappa shape index (κ1) is 24.5. The molecule has 2 rings (SSSR count). The number of benzene rings is 1. The summed E-state index contributed by atoms with van der Waals surface area (Å²) in [5.41, 5.74) is 0.735. The maximum atomic E-state index is 12.8. The van der Waals surface area contributed by atoms with Crippen LogP contribution in [0.3, 0.4) is 0 Å². The van der Waals surface area contributed by atoms with Gasteiger partial charge in [0.05, 0.1) is 24.6 Å². The fourth-order valence-corrected chi connectivity index (χ4v) is 3.73. The van der Waals surface area contributed by atoms with Crippen LogP contribution in [0, 0.1) is 11.8 Å². The van der Waals surface area contributed by atoms with E-state index in [1.54, 1.807) is 45.0 Å². The molecule has 1 heterocycles. The number of nitrogens with zero attached hydrogens (tertiary/aromatic N) is 1. The molecule has 0 radical (unpaired) electrons. The van der Waals surface area contributed by atoms with Crippen molar-refractivity contribution in [2.45, 2.75) is 52.1 Å². The van der Waals surface area contributed by atoms with Gasteiger partial charge >= 0.3 is 24.1 Å². The first-order valence-corrected chi connectivity index (χ1v) is 10.1. The number of halogens is 3. The van der Waals surface area contributed by atoms with Gasteiger partial charge in [0.2, 0.25) is 0 Å². The molecule has 1 aliphatic heterocycles. The topological polar surface area (TPSA) is 84.9 Å². The molecule has 1 fully saturated rings. The standard InChI is InChI=1S/C21H27F3N2O5/c1-4-30-18(27)16(13(2)3)17-15(25-19(28)21(22,23)24)10-11-26(17)20(29)31-12-14-8-6-5-7-9-14/h5-9,13,15-17H,4,10-12H2,1-3H3,(H,25,28)/t15-,16-,17-/m1/s1. The van der Waals surface area contributed by atoms with Crippen molar-refractivity contribution in [3.63, 3.8) is 0 Å². The van der Waals surface area contributed by atoms with Crippen LogP contribution in [0.5, 0.6) is 0 Å². The van der Waals surface area contributed by atoms with Gasteiger partial charge in [0.1, 0.15) is 6.61 Å². The Balaban J connectivity index is 2.26. The molecule has 2 amide bonds. The van der Waals surface area contributed by atoms with E-state index in [1.807, 2.05) is 11.4 Å². The molecule has 1 aromatic carbocycles. The zero-order chi connectivity index (χ0) is 23.2. The Morgan fingerprint density at radius 2 is 1.81 bits per heavy atom. The number of hydrogen-bond donors (Lipinski definition) is 1. The molecule has 0 spiro atoms. The van der Waals surface area contributed by atoms with Crippen molar-refractivity contribution in [3.05, 3.63) is 35.9 Å². The van der Waals surface area contributed by atoms with Gasteiger partial charge in [0.25, 0.3) is 0 Å². The Morgan fingerprint density at radius 1 is 1.16 bits per heavy atom. The summed E-state index contributed by atoms with van der Waals surface area (Å²) in [5.74, 6) is -4.06. The Morgan fingerprint density at radius 3 is 2.35 bits per heavy atom. The summed E-state index contributed by atoms with van der Waals surface area (Å²) >= 11 is 0. The van der Waals surface area contributed by atoms with Crippen molar-refractivity contribution in [1.82, 2.24) is 10.2 Å². The van der Waals surface area contributed by atoms with Crippen LogP contribution in [0.4, 0.5) is 18.0 Å². The third kappa shape index (κ3) is 6.35. The molecule has 0 aromatic heterocycles. The van der Waals surface area contributed by atoms with Crippen LogP contribution >= 0.6 is 0 Å². The molecule has 0 aliphatic carbocycles. The molecule has 1 aromatic rings. The summed E-state index contributed by atoms with van der Waals surface area (Å²) in [4.78, 5) is 38.2. The van der Waals surface area contributed by atoms with Crippen LogP contribution in [-0.2, 0) is 25.7 Å². The normalized spacial score (nSPS) is 19.8. The van der Waals surface area contributed by atoms with E-state index in [4.69, 9.17) is 9.47 Å². The fraction of sp³-hybridized carbons (Fsp3) is 0.571. The Hall–Kier alpha value is -2.78. The van der Waals surface area contributed by atoms with Crippen molar-refractivity contribution in [1.29, 1.82) is 0 Å². The maximum Gasteiger partial charge on any atom is 0.471 e. The molecule has 172 valence electrons. The molecule has 1 saturated heterocycles. The molecule has 31 heavy (non-hydrogen) atoms. The van der Waals surface area contributed by atoms with E-state index in [2.05, 4.69) is 0 Å². The van der Waals surface area contributed by atoms with Crippen molar-refractivity contribution in [2.75, 3.05) is 13.2 Å². The lowest BCUT2D eigenvalue weighted by atomic mass is 9.84. The van der Waals surface area contributed by atoms with E-state index < -0.39 is 42.1 Å². The number of carbonyl (C=O) groups excluding carboxylic acids is 3. The zero-order valence-corrected chi connectivity index (χ0v) is 17.6. The van der Waals surface area contributed by atoms with Crippen LogP contribution in [0.25, 0.3) is 0 Å². The predicted molar refractivity (Wildman–Crippen MR) is 105 cm³/mol. The molecule has 7 nitrogen and oxygen atoms in total. The number of hydrogen-bond acceptors (Lipinski definition) is 5. The summed E-state index contributed by atoms with van der Waals surface area (Å²) in [6.07, 6.45) is -5.80. The van der Waals surface area contributed by atoms with E-state index in [0.717, 1.165) is 5.56 Å². The second-order valence-corrected chi connectivity index (χ2v) is 7.61. The Labute approximate surface area is 178 Å². The second-order valence-electron chi connectivity index (χ2n) is 7.61. The van der Waals surface area contributed by atoms with Gasteiger partial charge < -0.3 is 19.7 Å². The molecule has 3 atom stereocenters. The highest BCUT2D eigenvalue weighted by Crippen LogP contribution is 2.32. The quantitative estimate of drug-likeness (QED) is 0.653. The van der Waals surface area contributed by atoms with Crippen LogP contribution in [0.1, 0.15) is 32.8 Å². The molecule has 1 N–H and O–H groups in total. The Kier molecular flexibility index (Phi) is 8.29. The van der Waals surface area contributed by atoms with Crippen molar-refractivity contribution < 1.29 is 37.0 Å². The largest absolute Gasteiger partial charge is 0.471 e. The highest BCUT2D eigenvalue weighted by Gasteiger charge is 2.50. The lowest BCUT2D eigenvalue weighted by Gasteiger charge is -2.35. The van der Waals surface area contributed by atoms with Crippen molar-refractivity contribution in [2.24, 2.45) is 11.8 Å². The lowest BCUT2D eigenvalue weighted by molar-refractivity contribution is -0.175. The van der Waals surface area contributed by atoms with Gasteiger partial charge in [-0.2, -0.15) is 13.2 Å². The maximum absolute atomic E-state index is 12.8. The van der Waals surface area contributed by atoms with Gasteiger partial charge in [0.15, 0.2) is 0 Å². The third-order valence-electron chi connectivity index (χ3n) is 5.11. The van der Waals surface area contributed by atoms with Gasteiger partial charge in [-0.25, -0.2) is 4.79 Å². The molecular weight excluding hydrogens is 417 g/mol. The average Bonchev–Trinajstić information content (AvgIpc) is 3.09. The van der Waals surface area contributed by atoms with Gasteiger partial charge in [0, 0.05) is 6.54 Å². The first-order valence-electron chi connectivity index (χ1n) is 10.1. The van der Waals surface area contributed by atoms with Crippen LogP contribution in [0.15, 0.2) is 30.3 Å². The van der Waals surface area contributed by atoms with Crippen molar-refractivity contribution >= 4 is 18.0 Å². The minimum Gasteiger partial charge on any atom is -0.466 e. The number of amides is 2. The summed E-state index contributed by atoms with van der Waals surface area (Å²) in [5, 5.41) is 1.94. The molecule has 0 unspecified atom stereocenters. The van der Waals surface area contributed by atoms with Crippen molar-refractivity contribution in [3.8, 4) is 0 Å².